The summed E-state index contributed by atoms with van der Waals surface area (Å²) in [5.41, 5.74) is 3.20. The Kier molecular flexibility index (Phi) is 7.47. The normalized spacial score (nSPS) is 10.8. The number of aryl methyl sites for hydroxylation is 1. The van der Waals surface area contributed by atoms with Crippen molar-refractivity contribution in [3.05, 3.63) is 98.4 Å². The second-order valence-corrected chi connectivity index (χ2v) is 7.84. The summed E-state index contributed by atoms with van der Waals surface area (Å²) in [6.07, 6.45) is 3.69. The van der Waals surface area contributed by atoms with Gasteiger partial charge in [-0.25, -0.2) is 0 Å². The van der Waals surface area contributed by atoms with E-state index in [1.54, 1.807) is 30.3 Å². The zero-order valence-corrected chi connectivity index (χ0v) is 18.2. The molecule has 0 atom stereocenters. The molecule has 0 aliphatic rings. The smallest absolute Gasteiger partial charge is 0.261 e. The van der Waals surface area contributed by atoms with Crippen LogP contribution in [-0.4, -0.2) is 10.5 Å². The van der Waals surface area contributed by atoms with Gasteiger partial charge in [-0.3, -0.25) is 9.59 Å². The highest BCUT2D eigenvalue weighted by molar-refractivity contribution is 6.33. The minimum Gasteiger partial charge on any atom is -0.343 e. The fourth-order valence-corrected chi connectivity index (χ4v) is 3.79. The van der Waals surface area contributed by atoms with Crippen LogP contribution >= 0.6 is 11.6 Å². The van der Waals surface area contributed by atoms with Gasteiger partial charge in [-0.05, 0) is 37.5 Å². The quantitative estimate of drug-likeness (QED) is 0.463. The summed E-state index contributed by atoms with van der Waals surface area (Å²) in [4.78, 5) is 26.1. The lowest BCUT2D eigenvalue weighted by atomic mass is 10.0. The van der Waals surface area contributed by atoms with E-state index in [4.69, 9.17) is 11.6 Å². The zero-order chi connectivity index (χ0) is 21.5. The predicted molar refractivity (Wildman–Crippen MR) is 124 cm³/mol. The molecule has 0 saturated heterocycles. The third-order valence-electron chi connectivity index (χ3n) is 5.18. The number of rotatable bonds is 8. The number of nitrogens with one attached hydrogen (secondary N) is 1. The van der Waals surface area contributed by atoms with Crippen molar-refractivity contribution in [2.24, 2.45) is 0 Å². The summed E-state index contributed by atoms with van der Waals surface area (Å²) < 4.78 is 2.09. The first-order valence-corrected chi connectivity index (χ1v) is 10.7. The van der Waals surface area contributed by atoms with Crippen LogP contribution in [0.5, 0.6) is 0 Å². The molecule has 0 aliphatic heterocycles. The SMILES string of the molecule is CCCCCc1c(C(=O)Nc2ccccc2Cl)c(=O)cc(C)n1Cc1ccccc1. The van der Waals surface area contributed by atoms with Crippen LogP contribution < -0.4 is 10.7 Å². The van der Waals surface area contributed by atoms with Crippen molar-refractivity contribution >= 4 is 23.2 Å². The molecule has 156 valence electrons. The molecule has 4 nitrogen and oxygen atoms in total. The molecule has 0 aliphatic carbocycles. The van der Waals surface area contributed by atoms with Crippen LogP contribution in [0.25, 0.3) is 0 Å². The van der Waals surface area contributed by atoms with Crippen LogP contribution in [0.4, 0.5) is 5.69 Å². The lowest BCUT2D eigenvalue weighted by molar-refractivity contribution is 0.102. The van der Waals surface area contributed by atoms with E-state index in [0.29, 0.717) is 23.7 Å². The van der Waals surface area contributed by atoms with E-state index in [-0.39, 0.29) is 11.0 Å². The van der Waals surface area contributed by atoms with Crippen LogP contribution in [0.3, 0.4) is 0 Å². The molecule has 0 bridgehead atoms. The molecule has 0 radical (unpaired) electrons. The maximum absolute atomic E-state index is 13.2. The number of anilines is 1. The van der Waals surface area contributed by atoms with E-state index >= 15 is 0 Å². The molecule has 1 aromatic heterocycles. The summed E-state index contributed by atoms with van der Waals surface area (Å²) in [6, 6.07) is 18.7. The number of aromatic nitrogens is 1. The van der Waals surface area contributed by atoms with E-state index in [1.165, 1.54) is 0 Å². The Hall–Kier alpha value is -2.85. The molecule has 3 aromatic rings. The fraction of sp³-hybridized carbons (Fsp3) is 0.280. The van der Waals surface area contributed by atoms with Crippen LogP contribution in [0.2, 0.25) is 5.02 Å². The number of carbonyl (C=O) groups excluding carboxylic acids is 1. The van der Waals surface area contributed by atoms with E-state index in [1.807, 2.05) is 25.1 Å². The molecule has 2 aromatic carbocycles. The third kappa shape index (κ3) is 5.19. The highest BCUT2D eigenvalue weighted by Crippen LogP contribution is 2.22. The number of hydrogen-bond donors (Lipinski definition) is 1. The van der Waals surface area contributed by atoms with Gasteiger partial charge < -0.3 is 9.88 Å². The third-order valence-corrected chi connectivity index (χ3v) is 5.51. The highest BCUT2D eigenvalue weighted by atomic mass is 35.5. The number of halogens is 1. The van der Waals surface area contributed by atoms with Crippen LogP contribution in [0.1, 0.15) is 53.5 Å². The average molecular weight is 423 g/mol. The first kappa shape index (κ1) is 21.8. The van der Waals surface area contributed by atoms with Crippen LogP contribution in [0, 0.1) is 6.92 Å². The monoisotopic (exact) mass is 422 g/mol. The number of carbonyl (C=O) groups is 1. The Labute approximate surface area is 182 Å². The van der Waals surface area contributed by atoms with Gasteiger partial charge in [-0.2, -0.15) is 0 Å². The van der Waals surface area contributed by atoms with E-state index in [0.717, 1.165) is 36.2 Å². The van der Waals surface area contributed by atoms with Crippen LogP contribution in [-0.2, 0) is 13.0 Å². The molecule has 0 fully saturated rings. The maximum atomic E-state index is 13.2. The predicted octanol–water partition coefficient (Wildman–Crippen LogP) is 5.84. The molecule has 1 amide bonds. The molecule has 1 N–H and O–H groups in total. The van der Waals surface area contributed by atoms with Crippen molar-refractivity contribution in [1.29, 1.82) is 0 Å². The van der Waals surface area contributed by atoms with Crippen molar-refractivity contribution in [2.75, 3.05) is 5.32 Å². The molecule has 1 heterocycles. The Morgan fingerprint density at radius 2 is 1.73 bits per heavy atom. The average Bonchev–Trinajstić information content (AvgIpc) is 2.73. The molecule has 3 rings (SSSR count). The van der Waals surface area contributed by atoms with Crippen molar-refractivity contribution in [1.82, 2.24) is 4.57 Å². The van der Waals surface area contributed by atoms with E-state index in [9.17, 15) is 9.59 Å². The summed E-state index contributed by atoms with van der Waals surface area (Å²) >= 11 is 6.20. The lowest BCUT2D eigenvalue weighted by Crippen LogP contribution is -2.28. The molecular formula is C25H27ClN2O2. The highest BCUT2D eigenvalue weighted by Gasteiger charge is 2.21. The van der Waals surface area contributed by atoms with Gasteiger partial charge in [-0.15, -0.1) is 0 Å². The Morgan fingerprint density at radius 3 is 2.43 bits per heavy atom. The molecular weight excluding hydrogens is 396 g/mol. The first-order chi connectivity index (χ1) is 14.5. The first-order valence-electron chi connectivity index (χ1n) is 10.3. The molecule has 30 heavy (non-hydrogen) atoms. The second kappa shape index (κ2) is 10.3. The fourth-order valence-electron chi connectivity index (χ4n) is 3.61. The second-order valence-electron chi connectivity index (χ2n) is 7.43. The van der Waals surface area contributed by atoms with Gasteiger partial charge in [0.25, 0.3) is 5.91 Å². The van der Waals surface area contributed by atoms with Gasteiger partial charge >= 0.3 is 0 Å². The Balaban J connectivity index is 2.05. The molecule has 0 spiro atoms. The van der Waals surface area contributed by atoms with Crippen LogP contribution in [0.15, 0.2) is 65.5 Å². The van der Waals surface area contributed by atoms with E-state index in [2.05, 4.69) is 28.9 Å². The number of pyridine rings is 1. The summed E-state index contributed by atoms with van der Waals surface area (Å²) in [5, 5.41) is 3.26. The van der Waals surface area contributed by atoms with Gasteiger partial charge in [-0.1, -0.05) is 73.8 Å². The van der Waals surface area contributed by atoms with Gasteiger partial charge in [0.15, 0.2) is 5.43 Å². The van der Waals surface area contributed by atoms with Crippen molar-refractivity contribution in [3.8, 4) is 0 Å². The van der Waals surface area contributed by atoms with Gasteiger partial charge in [0.1, 0.15) is 5.56 Å². The summed E-state index contributed by atoms with van der Waals surface area (Å²) in [5.74, 6) is -0.415. The standard InChI is InChI=1S/C25H27ClN2O2/c1-3-4-6-15-22-24(25(30)27-21-14-10-9-13-20(21)26)23(29)16-18(2)28(22)17-19-11-7-5-8-12-19/h5,7-14,16H,3-4,6,15,17H2,1-2H3,(H,27,30). The van der Waals surface area contributed by atoms with E-state index < -0.39 is 5.91 Å². The number of nitrogens with zero attached hydrogens (tertiary/aromatic N) is 1. The topological polar surface area (TPSA) is 51.1 Å². The van der Waals surface area contributed by atoms with Crippen molar-refractivity contribution in [2.45, 2.75) is 46.1 Å². The number of hydrogen-bond acceptors (Lipinski definition) is 2. The lowest BCUT2D eigenvalue weighted by Gasteiger charge is -2.20. The minimum atomic E-state index is -0.415. The van der Waals surface area contributed by atoms with Crippen molar-refractivity contribution < 1.29 is 4.79 Å². The molecule has 0 saturated carbocycles. The van der Waals surface area contributed by atoms with Gasteiger partial charge in [0.05, 0.1) is 10.7 Å². The summed E-state index contributed by atoms with van der Waals surface area (Å²) in [7, 11) is 0. The Morgan fingerprint density at radius 1 is 1.03 bits per heavy atom. The number of para-hydroxylation sites is 1. The number of unbranched alkanes of at least 4 members (excludes halogenated alkanes) is 2. The van der Waals surface area contributed by atoms with Gasteiger partial charge in [0, 0.05) is 24.0 Å². The molecule has 0 unspecified atom stereocenters. The van der Waals surface area contributed by atoms with Gasteiger partial charge in [0.2, 0.25) is 0 Å². The summed E-state index contributed by atoms with van der Waals surface area (Å²) in [6.45, 7) is 4.67. The Bertz CT molecular complexity index is 1070. The zero-order valence-electron chi connectivity index (χ0n) is 17.5. The number of benzene rings is 2. The number of amides is 1. The largest absolute Gasteiger partial charge is 0.343 e. The minimum absolute atomic E-state index is 0.201. The molecule has 5 heteroatoms. The maximum Gasteiger partial charge on any atom is 0.261 e. The van der Waals surface area contributed by atoms with Crippen molar-refractivity contribution in [3.63, 3.8) is 0 Å².